The Kier molecular flexibility index (Phi) is 4.76. The summed E-state index contributed by atoms with van der Waals surface area (Å²) in [6.45, 7) is 4.87. The predicted molar refractivity (Wildman–Crippen MR) is 83.8 cm³/mol. The van der Waals surface area contributed by atoms with Gasteiger partial charge in [-0.1, -0.05) is 5.16 Å². The van der Waals surface area contributed by atoms with Gasteiger partial charge in [0.25, 0.3) is 5.91 Å². The fourth-order valence-electron chi connectivity index (χ4n) is 2.88. The van der Waals surface area contributed by atoms with Crippen molar-refractivity contribution in [3.05, 3.63) is 24.0 Å². The Labute approximate surface area is 135 Å². The van der Waals surface area contributed by atoms with E-state index >= 15 is 0 Å². The standard InChI is InChI=1S/C16H22N4O3/c1-3-22-11-12-5-4-7-20(10-12)16(21)14-9-15(23-18-14)13-6-8-19(2)17-13/h6,8-9,12H,3-5,7,10-11H2,1-2H3. The second-order valence-corrected chi connectivity index (χ2v) is 5.87. The third kappa shape index (κ3) is 3.61. The van der Waals surface area contributed by atoms with E-state index in [4.69, 9.17) is 9.26 Å². The van der Waals surface area contributed by atoms with Crippen LogP contribution in [0, 0.1) is 5.92 Å². The van der Waals surface area contributed by atoms with Crippen LogP contribution in [-0.4, -0.2) is 52.0 Å². The number of amides is 1. The quantitative estimate of drug-likeness (QED) is 0.842. The number of piperidine rings is 1. The molecule has 1 saturated heterocycles. The SMILES string of the molecule is CCOCC1CCCN(C(=O)c2cc(-c3ccn(C)n3)on2)C1. The van der Waals surface area contributed by atoms with Crippen molar-refractivity contribution in [1.82, 2.24) is 19.8 Å². The van der Waals surface area contributed by atoms with Crippen LogP contribution in [0.2, 0.25) is 0 Å². The highest BCUT2D eigenvalue weighted by molar-refractivity contribution is 5.93. The zero-order chi connectivity index (χ0) is 16.2. The first kappa shape index (κ1) is 15.7. The first-order valence-electron chi connectivity index (χ1n) is 8.01. The van der Waals surface area contributed by atoms with Crippen molar-refractivity contribution in [3.8, 4) is 11.5 Å². The molecule has 0 aromatic carbocycles. The number of carbonyl (C=O) groups excluding carboxylic acids is 1. The fourth-order valence-corrected chi connectivity index (χ4v) is 2.88. The van der Waals surface area contributed by atoms with E-state index in [0.29, 0.717) is 42.8 Å². The normalized spacial score (nSPS) is 18.3. The van der Waals surface area contributed by atoms with Gasteiger partial charge in [-0.25, -0.2) is 0 Å². The van der Waals surface area contributed by atoms with Crippen LogP contribution in [0.1, 0.15) is 30.3 Å². The Morgan fingerprint density at radius 2 is 2.39 bits per heavy atom. The topological polar surface area (TPSA) is 73.4 Å². The van der Waals surface area contributed by atoms with Crippen molar-refractivity contribution in [2.75, 3.05) is 26.3 Å². The number of nitrogens with zero attached hydrogens (tertiary/aromatic N) is 4. The molecular formula is C16H22N4O3. The average Bonchev–Trinajstić information content (AvgIpc) is 3.21. The molecule has 1 unspecified atom stereocenters. The first-order valence-corrected chi connectivity index (χ1v) is 8.01. The van der Waals surface area contributed by atoms with Crippen LogP contribution >= 0.6 is 0 Å². The molecule has 1 aliphatic heterocycles. The summed E-state index contributed by atoms with van der Waals surface area (Å²) in [4.78, 5) is 14.4. The van der Waals surface area contributed by atoms with Gasteiger partial charge in [0.1, 0.15) is 5.69 Å². The zero-order valence-electron chi connectivity index (χ0n) is 13.6. The van der Waals surface area contributed by atoms with E-state index in [1.807, 2.05) is 31.1 Å². The van der Waals surface area contributed by atoms with Gasteiger partial charge in [-0.3, -0.25) is 9.48 Å². The van der Waals surface area contributed by atoms with Crippen molar-refractivity contribution < 1.29 is 14.1 Å². The molecule has 2 aromatic heterocycles. The molecule has 1 atom stereocenters. The summed E-state index contributed by atoms with van der Waals surface area (Å²) < 4.78 is 12.4. The molecule has 1 fully saturated rings. The molecule has 0 aliphatic carbocycles. The summed E-state index contributed by atoms with van der Waals surface area (Å²) in [5.41, 5.74) is 1.01. The minimum absolute atomic E-state index is 0.0860. The maximum Gasteiger partial charge on any atom is 0.276 e. The van der Waals surface area contributed by atoms with E-state index in [2.05, 4.69) is 10.3 Å². The van der Waals surface area contributed by atoms with Crippen molar-refractivity contribution in [2.24, 2.45) is 13.0 Å². The van der Waals surface area contributed by atoms with Crippen molar-refractivity contribution in [3.63, 3.8) is 0 Å². The monoisotopic (exact) mass is 318 g/mol. The first-order chi connectivity index (χ1) is 11.2. The van der Waals surface area contributed by atoms with Crippen molar-refractivity contribution >= 4 is 5.91 Å². The molecular weight excluding hydrogens is 296 g/mol. The van der Waals surface area contributed by atoms with E-state index in [-0.39, 0.29) is 5.91 Å². The average molecular weight is 318 g/mol. The number of rotatable bonds is 5. The summed E-state index contributed by atoms with van der Waals surface area (Å²) in [6.07, 6.45) is 3.92. The van der Waals surface area contributed by atoms with Crippen LogP contribution in [0.15, 0.2) is 22.9 Å². The molecule has 2 aromatic rings. The van der Waals surface area contributed by atoms with E-state index in [0.717, 1.165) is 19.4 Å². The van der Waals surface area contributed by atoms with Gasteiger partial charge in [0, 0.05) is 39.0 Å². The molecule has 1 amide bonds. The van der Waals surface area contributed by atoms with E-state index < -0.39 is 0 Å². The molecule has 3 rings (SSSR count). The molecule has 7 nitrogen and oxygen atoms in total. The molecule has 0 bridgehead atoms. The number of hydrogen-bond donors (Lipinski definition) is 0. The summed E-state index contributed by atoms with van der Waals surface area (Å²) in [6, 6.07) is 3.49. The summed E-state index contributed by atoms with van der Waals surface area (Å²) in [7, 11) is 1.83. The van der Waals surface area contributed by atoms with Gasteiger partial charge in [0.15, 0.2) is 11.5 Å². The Morgan fingerprint density at radius 3 is 3.13 bits per heavy atom. The molecule has 124 valence electrons. The maximum atomic E-state index is 12.6. The summed E-state index contributed by atoms with van der Waals surface area (Å²) in [5.74, 6) is 0.823. The molecule has 1 aliphatic rings. The van der Waals surface area contributed by atoms with Crippen LogP contribution in [0.4, 0.5) is 0 Å². The van der Waals surface area contributed by atoms with Crippen molar-refractivity contribution in [2.45, 2.75) is 19.8 Å². The number of carbonyl (C=O) groups is 1. The molecule has 7 heteroatoms. The van der Waals surface area contributed by atoms with Gasteiger partial charge in [-0.05, 0) is 31.7 Å². The zero-order valence-corrected chi connectivity index (χ0v) is 13.6. The summed E-state index contributed by atoms with van der Waals surface area (Å²) >= 11 is 0. The van der Waals surface area contributed by atoms with Crippen molar-refractivity contribution in [1.29, 1.82) is 0 Å². The highest BCUT2D eigenvalue weighted by Crippen LogP contribution is 2.22. The number of hydrogen-bond acceptors (Lipinski definition) is 5. The van der Waals surface area contributed by atoms with E-state index in [1.165, 1.54) is 0 Å². The van der Waals surface area contributed by atoms with Crippen LogP contribution in [0.25, 0.3) is 11.5 Å². The van der Waals surface area contributed by atoms with Crippen LogP contribution in [0.5, 0.6) is 0 Å². The molecule has 0 radical (unpaired) electrons. The Bertz CT molecular complexity index is 664. The number of aryl methyl sites for hydroxylation is 1. The minimum atomic E-state index is -0.0860. The predicted octanol–water partition coefficient (Wildman–Crippen LogP) is 1.96. The largest absolute Gasteiger partial charge is 0.381 e. The maximum absolute atomic E-state index is 12.6. The number of ether oxygens (including phenoxy) is 1. The number of aromatic nitrogens is 3. The summed E-state index contributed by atoms with van der Waals surface area (Å²) in [5, 5.41) is 8.17. The van der Waals surface area contributed by atoms with Gasteiger partial charge in [-0.15, -0.1) is 0 Å². The molecule has 23 heavy (non-hydrogen) atoms. The molecule has 0 saturated carbocycles. The Hall–Kier alpha value is -2.15. The molecule has 0 spiro atoms. The Morgan fingerprint density at radius 1 is 1.52 bits per heavy atom. The second kappa shape index (κ2) is 6.95. The highest BCUT2D eigenvalue weighted by atomic mass is 16.5. The second-order valence-electron chi connectivity index (χ2n) is 5.87. The van der Waals surface area contributed by atoms with Gasteiger partial charge >= 0.3 is 0 Å². The lowest BCUT2D eigenvalue weighted by molar-refractivity contribution is 0.0493. The van der Waals surface area contributed by atoms with Gasteiger partial charge in [0.05, 0.1) is 6.61 Å². The Balaban J connectivity index is 1.67. The lowest BCUT2D eigenvalue weighted by atomic mass is 9.98. The fraction of sp³-hybridized carbons (Fsp3) is 0.562. The smallest absolute Gasteiger partial charge is 0.276 e. The third-order valence-corrected chi connectivity index (χ3v) is 4.06. The number of likely N-dealkylation sites (tertiary alicyclic amines) is 1. The lowest BCUT2D eigenvalue weighted by Gasteiger charge is -2.32. The minimum Gasteiger partial charge on any atom is -0.381 e. The van der Waals surface area contributed by atoms with E-state index in [1.54, 1.807) is 10.7 Å². The molecule has 3 heterocycles. The van der Waals surface area contributed by atoms with E-state index in [9.17, 15) is 4.79 Å². The van der Waals surface area contributed by atoms with Crippen LogP contribution in [0.3, 0.4) is 0 Å². The lowest BCUT2D eigenvalue weighted by Crippen LogP contribution is -2.41. The van der Waals surface area contributed by atoms with Gasteiger partial charge < -0.3 is 14.2 Å². The highest BCUT2D eigenvalue weighted by Gasteiger charge is 2.27. The van der Waals surface area contributed by atoms with Crippen LogP contribution < -0.4 is 0 Å². The van der Waals surface area contributed by atoms with Crippen LogP contribution in [-0.2, 0) is 11.8 Å². The third-order valence-electron chi connectivity index (χ3n) is 4.06. The van der Waals surface area contributed by atoms with Gasteiger partial charge in [-0.2, -0.15) is 5.10 Å². The van der Waals surface area contributed by atoms with Gasteiger partial charge in [0.2, 0.25) is 0 Å². The molecule has 0 N–H and O–H groups in total.